The highest BCUT2D eigenvalue weighted by Gasteiger charge is 2.21. The number of nitrogens with zero attached hydrogens (tertiary/aromatic N) is 2. The summed E-state index contributed by atoms with van der Waals surface area (Å²) in [4.78, 5) is 4.67. The predicted molar refractivity (Wildman–Crippen MR) is 87.3 cm³/mol. The van der Waals surface area contributed by atoms with Gasteiger partial charge in [-0.3, -0.25) is 4.90 Å². The summed E-state index contributed by atoms with van der Waals surface area (Å²) in [6, 6.07) is 6.25. The zero-order chi connectivity index (χ0) is 15.2. The molecule has 1 aliphatic rings. The van der Waals surface area contributed by atoms with Crippen LogP contribution < -0.4 is 10.2 Å². The van der Waals surface area contributed by atoms with E-state index in [4.69, 9.17) is 0 Å². The molecule has 1 N–H and O–H groups in total. The average molecular weight is 293 g/mol. The standard InChI is InChI=1S/C17H28FN3/c1-4-14(3)20-8-10-21(11-9-20)17-7-6-15(12-16(17)18)13-19-5-2/h6-7,12,14,19H,4-5,8-11,13H2,1-3H3. The van der Waals surface area contributed by atoms with Crippen LogP contribution in [0.3, 0.4) is 0 Å². The number of nitrogens with one attached hydrogen (secondary N) is 1. The molecule has 4 heteroatoms. The molecule has 0 aromatic heterocycles. The molecule has 3 nitrogen and oxygen atoms in total. The molecule has 1 fully saturated rings. The van der Waals surface area contributed by atoms with Crippen LogP contribution in [0.25, 0.3) is 0 Å². The molecule has 21 heavy (non-hydrogen) atoms. The molecule has 1 atom stereocenters. The van der Waals surface area contributed by atoms with Gasteiger partial charge in [0.2, 0.25) is 0 Å². The molecule has 1 saturated heterocycles. The van der Waals surface area contributed by atoms with Gasteiger partial charge in [-0.05, 0) is 37.6 Å². The van der Waals surface area contributed by atoms with Crippen molar-refractivity contribution in [1.29, 1.82) is 0 Å². The molecule has 0 saturated carbocycles. The molecule has 118 valence electrons. The van der Waals surface area contributed by atoms with E-state index in [2.05, 4.69) is 35.9 Å². The minimum absolute atomic E-state index is 0.0950. The van der Waals surface area contributed by atoms with E-state index < -0.39 is 0 Å². The van der Waals surface area contributed by atoms with Gasteiger partial charge in [-0.15, -0.1) is 0 Å². The summed E-state index contributed by atoms with van der Waals surface area (Å²) < 4.78 is 14.3. The van der Waals surface area contributed by atoms with Gasteiger partial charge >= 0.3 is 0 Å². The highest BCUT2D eigenvalue weighted by Crippen LogP contribution is 2.22. The van der Waals surface area contributed by atoms with Crippen molar-refractivity contribution in [2.24, 2.45) is 0 Å². The number of hydrogen-bond donors (Lipinski definition) is 1. The van der Waals surface area contributed by atoms with Gasteiger partial charge in [-0.2, -0.15) is 0 Å². The van der Waals surface area contributed by atoms with E-state index in [9.17, 15) is 4.39 Å². The summed E-state index contributed by atoms with van der Waals surface area (Å²) in [5.74, 6) is -0.0950. The zero-order valence-electron chi connectivity index (χ0n) is 13.5. The van der Waals surface area contributed by atoms with Crippen LogP contribution in [0.4, 0.5) is 10.1 Å². The average Bonchev–Trinajstić information content (AvgIpc) is 2.52. The Morgan fingerprint density at radius 1 is 1.19 bits per heavy atom. The number of hydrogen-bond acceptors (Lipinski definition) is 3. The second kappa shape index (κ2) is 7.76. The summed E-state index contributed by atoms with van der Waals surface area (Å²) in [5.41, 5.74) is 1.76. The van der Waals surface area contributed by atoms with Gasteiger partial charge < -0.3 is 10.2 Å². The lowest BCUT2D eigenvalue weighted by molar-refractivity contribution is 0.192. The molecule has 1 aromatic rings. The molecule has 0 aliphatic carbocycles. The van der Waals surface area contributed by atoms with Crippen LogP contribution in [0.1, 0.15) is 32.8 Å². The van der Waals surface area contributed by atoms with Crippen molar-refractivity contribution >= 4 is 5.69 Å². The number of rotatable bonds is 6. The van der Waals surface area contributed by atoms with Crippen molar-refractivity contribution in [2.45, 2.75) is 39.8 Å². The molecule has 1 aromatic carbocycles. The van der Waals surface area contributed by atoms with Crippen LogP contribution in [-0.4, -0.2) is 43.7 Å². The molecule has 0 bridgehead atoms. The molecule has 2 rings (SSSR count). The molecule has 0 amide bonds. The Kier molecular flexibility index (Phi) is 6.00. The second-order valence-corrected chi connectivity index (χ2v) is 5.85. The fraction of sp³-hybridized carbons (Fsp3) is 0.647. The van der Waals surface area contributed by atoms with Crippen LogP contribution in [0.5, 0.6) is 0 Å². The van der Waals surface area contributed by atoms with Gasteiger partial charge in [0.1, 0.15) is 5.82 Å². The molecule has 1 unspecified atom stereocenters. The minimum atomic E-state index is -0.0950. The van der Waals surface area contributed by atoms with Gasteiger partial charge in [0.05, 0.1) is 5.69 Å². The van der Waals surface area contributed by atoms with Crippen LogP contribution >= 0.6 is 0 Å². The smallest absolute Gasteiger partial charge is 0.146 e. The third kappa shape index (κ3) is 4.17. The first-order valence-electron chi connectivity index (χ1n) is 8.13. The van der Waals surface area contributed by atoms with Crippen molar-refractivity contribution in [2.75, 3.05) is 37.6 Å². The SMILES string of the molecule is CCNCc1ccc(N2CCN(C(C)CC)CC2)c(F)c1. The van der Waals surface area contributed by atoms with Gasteiger partial charge in [-0.25, -0.2) is 4.39 Å². The van der Waals surface area contributed by atoms with Crippen molar-refractivity contribution in [3.8, 4) is 0 Å². The van der Waals surface area contributed by atoms with Gasteiger partial charge in [-0.1, -0.05) is 19.9 Å². The topological polar surface area (TPSA) is 18.5 Å². The largest absolute Gasteiger partial charge is 0.367 e. The Bertz CT molecular complexity index is 442. The van der Waals surface area contributed by atoms with E-state index in [1.807, 2.05) is 12.1 Å². The monoisotopic (exact) mass is 293 g/mol. The Morgan fingerprint density at radius 2 is 1.90 bits per heavy atom. The van der Waals surface area contributed by atoms with E-state index >= 15 is 0 Å². The molecular weight excluding hydrogens is 265 g/mol. The molecule has 1 aliphatic heterocycles. The lowest BCUT2D eigenvalue weighted by Gasteiger charge is -2.39. The van der Waals surface area contributed by atoms with Gasteiger partial charge in [0.15, 0.2) is 0 Å². The normalized spacial score (nSPS) is 18.0. The number of benzene rings is 1. The Hall–Kier alpha value is -1.13. The molecule has 0 radical (unpaired) electrons. The van der Waals surface area contributed by atoms with Crippen molar-refractivity contribution in [3.63, 3.8) is 0 Å². The summed E-state index contributed by atoms with van der Waals surface area (Å²) >= 11 is 0. The quantitative estimate of drug-likeness (QED) is 0.870. The van der Waals surface area contributed by atoms with E-state index in [-0.39, 0.29) is 5.82 Å². The number of halogens is 1. The Labute approximate surface area is 128 Å². The minimum Gasteiger partial charge on any atom is -0.367 e. The van der Waals surface area contributed by atoms with E-state index in [0.717, 1.165) is 50.5 Å². The number of piperazine rings is 1. The Balaban J connectivity index is 1.97. The lowest BCUT2D eigenvalue weighted by atomic mass is 10.1. The molecule has 0 spiro atoms. The van der Waals surface area contributed by atoms with Gasteiger partial charge in [0, 0.05) is 38.8 Å². The van der Waals surface area contributed by atoms with Gasteiger partial charge in [0.25, 0.3) is 0 Å². The van der Waals surface area contributed by atoms with Crippen LogP contribution in [0.2, 0.25) is 0 Å². The fourth-order valence-electron chi connectivity index (χ4n) is 2.85. The van der Waals surface area contributed by atoms with E-state index in [1.54, 1.807) is 6.07 Å². The van der Waals surface area contributed by atoms with E-state index in [0.29, 0.717) is 6.04 Å². The molecular formula is C17H28FN3. The third-order valence-corrected chi connectivity index (χ3v) is 4.46. The lowest BCUT2D eigenvalue weighted by Crippen LogP contribution is -2.49. The Morgan fingerprint density at radius 3 is 2.48 bits per heavy atom. The first-order valence-corrected chi connectivity index (χ1v) is 8.13. The van der Waals surface area contributed by atoms with Crippen molar-refractivity contribution in [1.82, 2.24) is 10.2 Å². The maximum absolute atomic E-state index is 14.3. The summed E-state index contributed by atoms with van der Waals surface area (Å²) in [6.45, 7) is 12.0. The predicted octanol–water partition coefficient (Wildman–Crippen LogP) is 2.86. The molecule has 1 heterocycles. The summed E-state index contributed by atoms with van der Waals surface area (Å²) in [7, 11) is 0. The highest BCUT2D eigenvalue weighted by atomic mass is 19.1. The maximum atomic E-state index is 14.3. The number of anilines is 1. The maximum Gasteiger partial charge on any atom is 0.146 e. The van der Waals surface area contributed by atoms with Crippen molar-refractivity contribution in [3.05, 3.63) is 29.6 Å². The first kappa shape index (κ1) is 16.2. The second-order valence-electron chi connectivity index (χ2n) is 5.85. The summed E-state index contributed by atoms with van der Waals surface area (Å²) in [5, 5.41) is 3.23. The van der Waals surface area contributed by atoms with Crippen LogP contribution in [0.15, 0.2) is 18.2 Å². The fourth-order valence-corrected chi connectivity index (χ4v) is 2.85. The highest BCUT2D eigenvalue weighted by molar-refractivity contribution is 5.49. The zero-order valence-corrected chi connectivity index (χ0v) is 13.5. The van der Waals surface area contributed by atoms with E-state index in [1.165, 1.54) is 6.42 Å². The van der Waals surface area contributed by atoms with Crippen molar-refractivity contribution < 1.29 is 4.39 Å². The first-order chi connectivity index (χ1) is 10.2. The summed E-state index contributed by atoms with van der Waals surface area (Å²) in [6.07, 6.45) is 1.17. The van der Waals surface area contributed by atoms with Crippen LogP contribution in [0, 0.1) is 5.82 Å². The third-order valence-electron chi connectivity index (χ3n) is 4.46. The van der Waals surface area contributed by atoms with Crippen LogP contribution in [-0.2, 0) is 6.54 Å².